The van der Waals surface area contributed by atoms with Gasteiger partial charge in [-0.15, -0.1) is 23.1 Å². The highest BCUT2D eigenvalue weighted by atomic mass is 32.2. The summed E-state index contributed by atoms with van der Waals surface area (Å²) < 4.78 is 0. The molecule has 0 saturated heterocycles. The topological polar surface area (TPSA) is 58.2 Å². The predicted molar refractivity (Wildman–Crippen MR) is 84.0 cm³/mol. The molecule has 1 aliphatic carbocycles. The van der Waals surface area contributed by atoms with Crippen LogP contribution in [0.25, 0.3) is 0 Å². The van der Waals surface area contributed by atoms with E-state index in [1.54, 1.807) is 23.1 Å². The summed E-state index contributed by atoms with van der Waals surface area (Å²) in [7, 11) is 0. The zero-order valence-corrected chi connectivity index (χ0v) is 13.0. The highest BCUT2D eigenvalue weighted by molar-refractivity contribution is 8.00. The number of thioether (sulfide) groups is 1. The van der Waals surface area contributed by atoms with Crippen molar-refractivity contribution >= 4 is 35.0 Å². The second-order valence-electron chi connectivity index (χ2n) is 4.88. The molecule has 1 aliphatic rings. The van der Waals surface area contributed by atoms with Crippen LogP contribution in [0.15, 0.2) is 17.5 Å². The largest absolute Gasteiger partial charge is 0.333 e. The Bertz CT molecular complexity index is 428. The van der Waals surface area contributed by atoms with Gasteiger partial charge in [-0.25, -0.2) is 4.79 Å². The Morgan fingerprint density at radius 2 is 2.10 bits per heavy atom. The molecular weight excluding hydrogens is 292 g/mol. The molecule has 0 atom stereocenters. The Hall–Kier alpha value is -1.01. The lowest BCUT2D eigenvalue weighted by Gasteiger charge is -2.20. The average Bonchev–Trinajstić information content (AvgIpc) is 2.97. The Morgan fingerprint density at radius 3 is 2.80 bits per heavy atom. The number of imide groups is 1. The first kappa shape index (κ1) is 15.4. The van der Waals surface area contributed by atoms with Crippen molar-refractivity contribution in [1.29, 1.82) is 0 Å². The van der Waals surface area contributed by atoms with Crippen molar-refractivity contribution in [3.05, 3.63) is 22.4 Å². The molecule has 3 amide bonds. The van der Waals surface area contributed by atoms with Crippen LogP contribution in [0.5, 0.6) is 0 Å². The number of rotatable bonds is 5. The predicted octanol–water partition coefficient (Wildman–Crippen LogP) is 3.14. The highest BCUT2D eigenvalue weighted by Crippen LogP contribution is 2.27. The van der Waals surface area contributed by atoms with Gasteiger partial charge >= 0.3 is 6.03 Å². The van der Waals surface area contributed by atoms with Crippen LogP contribution in [-0.2, 0) is 11.3 Å². The Morgan fingerprint density at radius 1 is 1.30 bits per heavy atom. The smallest absolute Gasteiger partial charge is 0.321 e. The molecule has 0 aliphatic heterocycles. The molecule has 2 N–H and O–H groups in total. The van der Waals surface area contributed by atoms with Gasteiger partial charge in [-0.05, 0) is 24.3 Å². The fourth-order valence-corrected chi connectivity index (χ4v) is 3.98. The van der Waals surface area contributed by atoms with E-state index in [-0.39, 0.29) is 5.91 Å². The summed E-state index contributed by atoms with van der Waals surface area (Å²) in [6, 6.07) is 3.48. The van der Waals surface area contributed by atoms with Crippen LogP contribution in [0.4, 0.5) is 4.79 Å². The van der Waals surface area contributed by atoms with Crippen molar-refractivity contribution in [3.8, 4) is 0 Å². The molecule has 0 spiro atoms. The maximum absolute atomic E-state index is 11.7. The molecule has 0 unspecified atom stereocenters. The summed E-state index contributed by atoms with van der Waals surface area (Å²) in [6.07, 6.45) is 6.24. The lowest BCUT2D eigenvalue weighted by molar-refractivity contribution is -0.117. The molecule has 1 aromatic rings. The van der Waals surface area contributed by atoms with Crippen LogP contribution in [0, 0.1) is 0 Å². The number of hydrogen-bond acceptors (Lipinski definition) is 4. The van der Waals surface area contributed by atoms with Crippen molar-refractivity contribution in [2.75, 3.05) is 5.75 Å². The molecule has 6 heteroatoms. The van der Waals surface area contributed by atoms with Crippen LogP contribution in [-0.4, -0.2) is 22.9 Å². The number of carbonyl (C=O) groups excluding carboxylic acids is 2. The van der Waals surface area contributed by atoms with E-state index in [1.807, 2.05) is 17.5 Å². The molecular formula is C14H20N2O2S2. The summed E-state index contributed by atoms with van der Waals surface area (Å²) >= 11 is 3.25. The standard InChI is InChI=1S/C14H20N2O2S2/c17-13(10-20-11-5-2-1-3-6-11)16-14(18)15-9-12-7-4-8-19-12/h4,7-8,11H,1-3,5-6,9-10H2,(H2,15,16,17,18). The number of urea groups is 1. The Balaban J connectivity index is 1.59. The van der Waals surface area contributed by atoms with Gasteiger partial charge in [-0.2, -0.15) is 0 Å². The first-order chi connectivity index (χ1) is 9.74. The molecule has 1 aromatic heterocycles. The lowest BCUT2D eigenvalue weighted by atomic mass is 10.0. The molecule has 0 aromatic carbocycles. The number of carbonyl (C=O) groups is 2. The first-order valence-electron chi connectivity index (χ1n) is 6.95. The quantitative estimate of drug-likeness (QED) is 0.878. The number of hydrogen-bond donors (Lipinski definition) is 2. The minimum absolute atomic E-state index is 0.204. The van der Waals surface area contributed by atoms with Gasteiger partial charge in [-0.3, -0.25) is 10.1 Å². The molecule has 2 rings (SSSR count). The van der Waals surface area contributed by atoms with Crippen LogP contribution in [0.1, 0.15) is 37.0 Å². The van der Waals surface area contributed by atoms with Crippen LogP contribution < -0.4 is 10.6 Å². The van der Waals surface area contributed by atoms with Gasteiger partial charge < -0.3 is 5.32 Å². The Kier molecular flexibility index (Phi) is 6.39. The number of amides is 3. The molecule has 0 bridgehead atoms. The molecule has 4 nitrogen and oxygen atoms in total. The average molecular weight is 312 g/mol. The molecule has 0 radical (unpaired) electrons. The molecule has 1 saturated carbocycles. The molecule has 110 valence electrons. The zero-order valence-electron chi connectivity index (χ0n) is 11.4. The van der Waals surface area contributed by atoms with E-state index in [0.717, 1.165) is 4.88 Å². The van der Waals surface area contributed by atoms with Gasteiger partial charge in [0.1, 0.15) is 0 Å². The second kappa shape index (κ2) is 8.32. The first-order valence-corrected chi connectivity index (χ1v) is 8.88. The van der Waals surface area contributed by atoms with Gasteiger partial charge in [0.15, 0.2) is 0 Å². The summed E-state index contributed by atoms with van der Waals surface area (Å²) in [5, 5.41) is 7.61. The Labute approximate surface area is 127 Å². The minimum Gasteiger partial charge on any atom is -0.333 e. The maximum atomic E-state index is 11.7. The summed E-state index contributed by atoms with van der Waals surface area (Å²) in [5.74, 6) is 0.168. The number of nitrogens with one attached hydrogen (secondary N) is 2. The van der Waals surface area contributed by atoms with Crippen molar-refractivity contribution in [2.45, 2.75) is 43.9 Å². The fraction of sp³-hybridized carbons (Fsp3) is 0.571. The number of thiophene rings is 1. The van der Waals surface area contributed by atoms with E-state index in [9.17, 15) is 9.59 Å². The van der Waals surface area contributed by atoms with E-state index >= 15 is 0 Å². The van der Waals surface area contributed by atoms with Gasteiger partial charge in [-0.1, -0.05) is 25.3 Å². The van der Waals surface area contributed by atoms with E-state index in [2.05, 4.69) is 10.6 Å². The van der Waals surface area contributed by atoms with Gasteiger partial charge in [0.25, 0.3) is 0 Å². The summed E-state index contributed by atoms with van der Waals surface area (Å²) in [4.78, 5) is 24.3. The normalized spacial score (nSPS) is 15.8. The summed E-state index contributed by atoms with van der Waals surface area (Å²) in [6.45, 7) is 0.465. The van der Waals surface area contributed by atoms with E-state index in [4.69, 9.17) is 0 Å². The molecule has 20 heavy (non-hydrogen) atoms. The van der Waals surface area contributed by atoms with Gasteiger partial charge in [0, 0.05) is 10.1 Å². The van der Waals surface area contributed by atoms with Crippen molar-refractivity contribution in [2.24, 2.45) is 0 Å². The third-order valence-corrected chi connectivity index (χ3v) is 5.51. The van der Waals surface area contributed by atoms with Crippen molar-refractivity contribution in [3.63, 3.8) is 0 Å². The summed E-state index contributed by atoms with van der Waals surface area (Å²) in [5.41, 5.74) is 0. The van der Waals surface area contributed by atoms with E-state index in [1.165, 1.54) is 32.1 Å². The SMILES string of the molecule is O=C(CSC1CCCCC1)NC(=O)NCc1cccs1. The maximum Gasteiger partial charge on any atom is 0.321 e. The van der Waals surface area contributed by atoms with Crippen LogP contribution in [0.2, 0.25) is 0 Å². The van der Waals surface area contributed by atoms with Crippen molar-refractivity contribution < 1.29 is 9.59 Å². The lowest BCUT2D eigenvalue weighted by Crippen LogP contribution is -2.40. The minimum atomic E-state index is -0.410. The zero-order chi connectivity index (χ0) is 14.2. The van der Waals surface area contributed by atoms with Gasteiger partial charge in [0.05, 0.1) is 12.3 Å². The molecule has 1 fully saturated rings. The van der Waals surface area contributed by atoms with Crippen LogP contribution >= 0.6 is 23.1 Å². The monoisotopic (exact) mass is 312 g/mol. The fourth-order valence-electron chi connectivity index (χ4n) is 2.21. The second-order valence-corrected chi connectivity index (χ2v) is 7.20. The van der Waals surface area contributed by atoms with E-state index in [0.29, 0.717) is 17.5 Å². The highest BCUT2D eigenvalue weighted by Gasteiger charge is 2.16. The molecule has 1 heterocycles. The van der Waals surface area contributed by atoms with E-state index < -0.39 is 6.03 Å². The van der Waals surface area contributed by atoms with Crippen LogP contribution in [0.3, 0.4) is 0 Å². The third-order valence-electron chi connectivity index (χ3n) is 3.26. The van der Waals surface area contributed by atoms with Crippen molar-refractivity contribution in [1.82, 2.24) is 10.6 Å². The third kappa shape index (κ3) is 5.54. The van der Waals surface area contributed by atoms with Gasteiger partial charge in [0.2, 0.25) is 5.91 Å².